The van der Waals surface area contributed by atoms with Crippen LogP contribution in [0.5, 0.6) is 5.75 Å². The molecule has 0 aromatic heterocycles. The molecule has 8 nitrogen and oxygen atoms in total. The highest BCUT2D eigenvalue weighted by atomic mass is 16.6. The van der Waals surface area contributed by atoms with Crippen LogP contribution in [-0.4, -0.2) is 67.6 Å². The Morgan fingerprint density at radius 1 is 1.08 bits per heavy atom. The lowest BCUT2D eigenvalue weighted by Gasteiger charge is -2.34. The van der Waals surface area contributed by atoms with Crippen LogP contribution in [0.15, 0.2) is 24.3 Å². The summed E-state index contributed by atoms with van der Waals surface area (Å²) in [5.74, 6) is 0.106. The number of carbonyl (C=O) groups is 3. The van der Waals surface area contributed by atoms with E-state index < -0.39 is 0 Å². The first-order chi connectivity index (χ1) is 12.5. The quantitative estimate of drug-likeness (QED) is 0.762. The van der Waals surface area contributed by atoms with Crippen LogP contribution in [0.25, 0.3) is 0 Å². The summed E-state index contributed by atoms with van der Waals surface area (Å²) in [6, 6.07) is 7.38. The Kier molecular flexibility index (Phi) is 7.25. The number of piperazine rings is 1. The summed E-state index contributed by atoms with van der Waals surface area (Å²) in [5.41, 5.74) is 0.846. The van der Waals surface area contributed by atoms with Gasteiger partial charge in [-0.2, -0.15) is 0 Å². The summed E-state index contributed by atoms with van der Waals surface area (Å²) in [4.78, 5) is 39.1. The molecular weight excluding hydrogens is 338 g/mol. The molecule has 1 N–H and O–H groups in total. The van der Waals surface area contributed by atoms with Crippen molar-refractivity contribution in [3.05, 3.63) is 29.8 Å². The molecule has 1 saturated heterocycles. The van der Waals surface area contributed by atoms with Gasteiger partial charge >= 0.3 is 6.09 Å². The molecule has 0 radical (unpaired) electrons. The van der Waals surface area contributed by atoms with Crippen molar-refractivity contribution in [2.75, 3.05) is 39.9 Å². The molecule has 0 spiro atoms. The van der Waals surface area contributed by atoms with Gasteiger partial charge in [0.05, 0.1) is 13.7 Å². The Morgan fingerprint density at radius 2 is 1.73 bits per heavy atom. The van der Waals surface area contributed by atoms with Crippen LogP contribution in [0.2, 0.25) is 0 Å². The first-order valence-corrected chi connectivity index (χ1v) is 8.63. The van der Waals surface area contributed by atoms with Gasteiger partial charge in [0.15, 0.2) is 0 Å². The molecule has 1 heterocycles. The first-order valence-electron chi connectivity index (χ1n) is 8.63. The molecular formula is C18H25N3O5. The van der Waals surface area contributed by atoms with E-state index in [1.54, 1.807) is 23.8 Å². The highest BCUT2D eigenvalue weighted by molar-refractivity contribution is 5.97. The van der Waals surface area contributed by atoms with Crippen LogP contribution < -0.4 is 10.1 Å². The predicted octanol–water partition coefficient (Wildman–Crippen LogP) is 1.00. The van der Waals surface area contributed by atoms with E-state index in [1.165, 1.54) is 0 Å². The third kappa shape index (κ3) is 5.37. The van der Waals surface area contributed by atoms with Gasteiger partial charge < -0.3 is 24.6 Å². The second kappa shape index (κ2) is 9.65. The van der Waals surface area contributed by atoms with Gasteiger partial charge in [0.1, 0.15) is 12.2 Å². The number of amides is 3. The molecule has 2 rings (SSSR count). The lowest BCUT2D eigenvalue weighted by molar-refractivity contribution is -0.137. The number of rotatable bonds is 6. The van der Waals surface area contributed by atoms with Gasteiger partial charge in [-0.25, -0.2) is 4.79 Å². The van der Waals surface area contributed by atoms with Crippen molar-refractivity contribution in [1.29, 1.82) is 0 Å². The maximum atomic E-state index is 12.3. The van der Waals surface area contributed by atoms with Gasteiger partial charge in [0.25, 0.3) is 0 Å². The van der Waals surface area contributed by atoms with Crippen LogP contribution in [0.1, 0.15) is 18.9 Å². The monoisotopic (exact) mass is 363 g/mol. The third-order valence-electron chi connectivity index (χ3n) is 4.14. The van der Waals surface area contributed by atoms with E-state index in [4.69, 9.17) is 9.47 Å². The van der Waals surface area contributed by atoms with E-state index in [0.29, 0.717) is 45.1 Å². The standard InChI is InChI=1S/C18H25N3O5/c1-3-26-18(24)21-10-8-20(9-11-21)17(23)12-16(22)19-13-14-6-4-5-7-15(14)25-2/h4-7H,3,8-13H2,1-2H3,(H,19,22). The number of nitrogens with zero attached hydrogens (tertiary/aromatic N) is 2. The average Bonchev–Trinajstić information content (AvgIpc) is 2.66. The predicted molar refractivity (Wildman–Crippen MR) is 94.6 cm³/mol. The Morgan fingerprint density at radius 3 is 2.38 bits per heavy atom. The van der Waals surface area contributed by atoms with E-state index in [9.17, 15) is 14.4 Å². The number of ether oxygens (including phenoxy) is 2. The van der Waals surface area contributed by atoms with Crippen molar-refractivity contribution in [3.8, 4) is 5.75 Å². The largest absolute Gasteiger partial charge is 0.496 e. The Balaban J connectivity index is 1.76. The molecule has 1 aliphatic rings. The summed E-state index contributed by atoms with van der Waals surface area (Å²) < 4.78 is 10.2. The van der Waals surface area contributed by atoms with Crippen molar-refractivity contribution in [2.24, 2.45) is 0 Å². The lowest BCUT2D eigenvalue weighted by Crippen LogP contribution is -2.51. The summed E-state index contributed by atoms with van der Waals surface area (Å²) in [6.07, 6.45) is -0.580. The molecule has 26 heavy (non-hydrogen) atoms. The maximum absolute atomic E-state index is 12.3. The fraction of sp³-hybridized carbons (Fsp3) is 0.500. The number of hydrogen-bond acceptors (Lipinski definition) is 5. The Labute approximate surface area is 153 Å². The van der Waals surface area contributed by atoms with E-state index in [-0.39, 0.29) is 24.3 Å². The van der Waals surface area contributed by atoms with Crippen LogP contribution in [0.3, 0.4) is 0 Å². The van der Waals surface area contributed by atoms with Crippen molar-refractivity contribution in [1.82, 2.24) is 15.1 Å². The topological polar surface area (TPSA) is 88.2 Å². The minimum Gasteiger partial charge on any atom is -0.496 e. The van der Waals surface area contributed by atoms with Crippen LogP contribution in [-0.2, 0) is 20.9 Å². The van der Waals surface area contributed by atoms with E-state index >= 15 is 0 Å². The molecule has 1 aromatic carbocycles. The summed E-state index contributed by atoms with van der Waals surface area (Å²) in [5, 5.41) is 2.74. The molecule has 1 aliphatic heterocycles. The summed E-state index contributed by atoms with van der Waals surface area (Å²) >= 11 is 0. The third-order valence-corrected chi connectivity index (χ3v) is 4.14. The number of benzene rings is 1. The second-order valence-corrected chi connectivity index (χ2v) is 5.83. The highest BCUT2D eigenvalue weighted by Crippen LogP contribution is 2.16. The molecule has 1 fully saturated rings. The SMILES string of the molecule is CCOC(=O)N1CCN(C(=O)CC(=O)NCc2ccccc2OC)CC1. The van der Waals surface area contributed by atoms with Crippen LogP contribution in [0.4, 0.5) is 4.79 Å². The summed E-state index contributed by atoms with van der Waals surface area (Å²) in [7, 11) is 1.57. The highest BCUT2D eigenvalue weighted by Gasteiger charge is 2.25. The fourth-order valence-corrected chi connectivity index (χ4v) is 2.71. The van der Waals surface area contributed by atoms with Crippen molar-refractivity contribution < 1.29 is 23.9 Å². The normalized spacial score (nSPS) is 13.9. The zero-order valence-electron chi connectivity index (χ0n) is 15.2. The second-order valence-electron chi connectivity index (χ2n) is 5.83. The molecule has 0 atom stereocenters. The number of nitrogens with one attached hydrogen (secondary N) is 1. The number of para-hydroxylation sites is 1. The molecule has 3 amide bonds. The van der Waals surface area contributed by atoms with Gasteiger partial charge in [-0.1, -0.05) is 18.2 Å². The maximum Gasteiger partial charge on any atom is 0.409 e. The van der Waals surface area contributed by atoms with Gasteiger partial charge in [0.2, 0.25) is 11.8 Å². The minimum atomic E-state index is -0.367. The molecule has 1 aromatic rings. The van der Waals surface area contributed by atoms with Gasteiger partial charge in [0, 0.05) is 38.3 Å². The van der Waals surface area contributed by atoms with Crippen LogP contribution in [0, 0.1) is 0 Å². The zero-order chi connectivity index (χ0) is 18.9. The number of methoxy groups -OCH3 is 1. The van der Waals surface area contributed by atoms with Crippen molar-refractivity contribution >= 4 is 17.9 Å². The minimum absolute atomic E-state index is 0.214. The van der Waals surface area contributed by atoms with Crippen molar-refractivity contribution in [2.45, 2.75) is 19.9 Å². The van der Waals surface area contributed by atoms with Crippen molar-refractivity contribution in [3.63, 3.8) is 0 Å². The molecule has 8 heteroatoms. The fourth-order valence-electron chi connectivity index (χ4n) is 2.71. The summed E-state index contributed by atoms with van der Waals surface area (Å²) in [6.45, 7) is 3.99. The van der Waals surface area contributed by atoms with Gasteiger partial charge in [-0.05, 0) is 13.0 Å². The molecule has 142 valence electrons. The van der Waals surface area contributed by atoms with Gasteiger partial charge in [-0.15, -0.1) is 0 Å². The molecule has 0 bridgehead atoms. The van der Waals surface area contributed by atoms with E-state index in [0.717, 1.165) is 5.56 Å². The van der Waals surface area contributed by atoms with E-state index in [1.807, 2.05) is 24.3 Å². The van der Waals surface area contributed by atoms with E-state index in [2.05, 4.69) is 5.32 Å². The number of carbonyl (C=O) groups excluding carboxylic acids is 3. The molecule has 0 unspecified atom stereocenters. The lowest BCUT2D eigenvalue weighted by atomic mass is 10.2. The molecule has 0 aliphatic carbocycles. The van der Waals surface area contributed by atoms with Crippen LogP contribution >= 0.6 is 0 Å². The first kappa shape index (κ1) is 19.6. The Hall–Kier alpha value is -2.77. The van der Waals surface area contributed by atoms with Gasteiger partial charge in [-0.3, -0.25) is 9.59 Å². The number of hydrogen-bond donors (Lipinski definition) is 1. The zero-order valence-corrected chi connectivity index (χ0v) is 15.2. The molecule has 0 saturated carbocycles. The Bertz CT molecular complexity index is 641. The smallest absolute Gasteiger partial charge is 0.409 e. The average molecular weight is 363 g/mol.